The van der Waals surface area contributed by atoms with Crippen LogP contribution in [0.5, 0.6) is 0 Å². The van der Waals surface area contributed by atoms with Crippen molar-refractivity contribution in [1.82, 2.24) is 21.1 Å². The first-order valence-corrected chi connectivity index (χ1v) is 9.19. The first kappa shape index (κ1) is 20.2. The summed E-state index contributed by atoms with van der Waals surface area (Å²) < 4.78 is 0. The molecule has 3 N–H and O–H groups in total. The fourth-order valence-electron chi connectivity index (χ4n) is 3.56. The molecule has 0 aromatic heterocycles. The van der Waals surface area contributed by atoms with Crippen molar-refractivity contribution in [2.24, 2.45) is 5.92 Å². The molecule has 1 saturated heterocycles. The van der Waals surface area contributed by atoms with Crippen LogP contribution >= 0.6 is 0 Å². The highest BCUT2D eigenvalue weighted by Gasteiger charge is 2.52. The fourth-order valence-corrected chi connectivity index (χ4v) is 3.56. The number of nitro groups is 1. The van der Waals surface area contributed by atoms with E-state index in [9.17, 15) is 29.3 Å². The maximum Gasteiger partial charge on any atom is 0.325 e. The zero-order valence-electron chi connectivity index (χ0n) is 15.8. The minimum atomic E-state index is -0.948. The molecule has 5 amide bonds. The van der Waals surface area contributed by atoms with Crippen LogP contribution in [-0.2, 0) is 9.59 Å². The van der Waals surface area contributed by atoms with Crippen LogP contribution in [0.1, 0.15) is 43.0 Å². The summed E-state index contributed by atoms with van der Waals surface area (Å²) in [6.45, 7) is 1.54. The Balaban J connectivity index is 1.56. The molecule has 154 valence electrons. The summed E-state index contributed by atoms with van der Waals surface area (Å²) >= 11 is 0. The third kappa shape index (κ3) is 4.18. The molecule has 0 atom stereocenters. The topological polar surface area (TPSA) is 151 Å². The number of urea groups is 1. The molecule has 1 spiro atoms. The summed E-state index contributed by atoms with van der Waals surface area (Å²) in [6, 6.07) is 4.35. The van der Waals surface area contributed by atoms with Crippen LogP contribution in [0.2, 0.25) is 0 Å². The third-order valence-electron chi connectivity index (χ3n) is 5.31. The number of non-ortho nitro benzene ring substituents is 1. The zero-order chi connectivity index (χ0) is 21.2. The second kappa shape index (κ2) is 7.86. The van der Waals surface area contributed by atoms with E-state index in [1.807, 2.05) is 0 Å². The predicted molar refractivity (Wildman–Crippen MR) is 99.3 cm³/mol. The number of benzene rings is 1. The van der Waals surface area contributed by atoms with Gasteiger partial charge in [0.05, 0.1) is 4.92 Å². The number of nitro benzene ring substituents is 1. The van der Waals surface area contributed by atoms with Crippen molar-refractivity contribution in [3.63, 3.8) is 0 Å². The molecular formula is C18H21N5O6. The van der Waals surface area contributed by atoms with Gasteiger partial charge in [-0.15, -0.1) is 0 Å². The molecule has 11 heteroatoms. The Bertz CT molecular complexity index is 877. The molecule has 0 unspecified atom stereocenters. The molecule has 2 fully saturated rings. The molecular weight excluding hydrogens is 382 g/mol. The van der Waals surface area contributed by atoms with Crippen LogP contribution in [0, 0.1) is 16.0 Å². The first-order valence-electron chi connectivity index (χ1n) is 9.19. The standard InChI is InChI=1S/C18H21N5O6/c1-11-5-7-18(8-6-11)16(26)22(17(27)19-18)10-14(24)20-21-15(25)12-3-2-4-13(9-12)23(28)29/h2-4,9,11H,5-8,10H2,1H3,(H,19,27)(H,20,24)(H,21,25). The van der Waals surface area contributed by atoms with Gasteiger partial charge in [-0.2, -0.15) is 0 Å². The number of carbonyl (C=O) groups is 4. The molecule has 3 rings (SSSR count). The Labute approximate surface area is 165 Å². The summed E-state index contributed by atoms with van der Waals surface area (Å²) in [5.74, 6) is -1.49. The van der Waals surface area contributed by atoms with Crippen LogP contribution in [0.3, 0.4) is 0 Å². The van der Waals surface area contributed by atoms with Gasteiger partial charge in [0.25, 0.3) is 23.4 Å². The van der Waals surface area contributed by atoms with Crippen molar-refractivity contribution in [2.75, 3.05) is 6.54 Å². The highest BCUT2D eigenvalue weighted by atomic mass is 16.6. The van der Waals surface area contributed by atoms with Gasteiger partial charge in [-0.05, 0) is 37.7 Å². The number of amides is 5. The van der Waals surface area contributed by atoms with E-state index in [0.29, 0.717) is 18.8 Å². The van der Waals surface area contributed by atoms with Gasteiger partial charge >= 0.3 is 6.03 Å². The summed E-state index contributed by atoms with van der Waals surface area (Å²) in [6.07, 6.45) is 2.68. The predicted octanol–water partition coefficient (Wildman–Crippen LogP) is 0.856. The van der Waals surface area contributed by atoms with Crippen molar-refractivity contribution in [3.05, 3.63) is 39.9 Å². The number of hydrazine groups is 1. The molecule has 0 radical (unpaired) electrons. The van der Waals surface area contributed by atoms with E-state index in [1.54, 1.807) is 0 Å². The lowest BCUT2D eigenvalue weighted by atomic mass is 9.77. The van der Waals surface area contributed by atoms with Crippen molar-refractivity contribution < 1.29 is 24.1 Å². The van der Waals surface area contributed by atoms with E-state index in [4.69, 9.17) is 0 Å². The highest BCUT2D eigenvalue weighted by Crippen LogP contribution is 2.36. The monoisotopic (exact) mass is 403 g/mol. The lowest BCUT2D eigenvalue weighted by Gasteiger charge is -2.33. The number of rotatable bonds is 4. The van der Waals surface area contributed by atoms with E-state index in [1.165, 1.54) is 18.2 Å². The molecule has 2 aliphatic rings. The Morgan fingerprint density at radius 1 is 1.28 bits per heavy atom. The van der Waals surface area contributed by atoms with Crippen molar-refractivity contribution >= 4 is 29.4 Å². The summed E-state index contributed by atoms with van der Waals surface area (Å²) in [5.41, 5.74) is 2.99. The van der Waals surface area contributed by atoms with Gasteiger partial charge in [0.2, 0.25) is 0 Å². The number of nitrogens with one attached hydrogen (secondary N) is 3. The molecule has 1 aliphatic carbocycles. The zero-order valence-corrected chi connectivity index (χ0v) is 15.8. The number of nitrogens with zero attached hydrogens (tertiary/aromatic N) is 2. The second-order valence-electron chi connectivity index (χ2n) is 7.40. The van der Waals surface area contributed by atoms with Crippen molar-refractivity contribution in [3.8, 4) is 0 Å². The van der Waals surface area contributed by atoms with Gasteiger partial charge < -0.3 is 5.32 Å². The Morgan fingerprint density at radius 3 is 2.62 bits per heavy atom. The molecule has 1 saturated carbocycles. The van der Waals surface area contributed by atoms with Crippen LogP contribution in [-0.4, -0.2) is 45.7 Å². The van der Waals surface area contributed by atoms with Crippen LogP contribution in [0.15, 0.2) is 24.3 Å². The highest BCUT2D eigenvalue weighted by molar-refractivity contribution is 6.09. The maximum absolute atomic E-state index is 12.7. The average Bonchev–Trinajstić information content (AvgIpc) is 2.92. The van der Waals surface area contributed by atoms with Gasteiger partial charge in [0.1, 0.15) is 12.1 Å². The normalized spacial score (nSPS) is 23.6. The Kier molecular flexibility index (Phi) is 5.48. The quantitative estimate of drug-likeness (QED) is 0.385. The van der Waals surface area contributed by atoms with Gasteiger partial charge in [0, 0.05) is 17.7 Å². The minimum absolute atomic E-state index is 0.0234. The molecule has 29 heavy (non-hydrogen) atoms. The van der Waals surface area contributed by atoms with E-state index < -0.39 is 40.8 Å². The van der Waals surface area contributed by atoms with E-state index in [0.717, 1.165) is 23.8 Å². The van der Waals surface area contributed by atoms with Crippen molar-refractivity contribution in [2.45, 2.75) is 38.1 Å². The van der Waals surface area contributed by atoms with Gasteiger partial charge in [-0.1, -0.05) is 13.0 Å². The first-order chi connectivity index (χ1) is 13.7. The summed E-state index contributed by atoms with van der Waals surface area (Å²) in [7, 11) is 0. The van der Waals surface area contributed by atoms with E-state index >= 15 is 0 Å². The number of carbonyl (C=O) groups excluding carboxylic acids is 4. The molecule has 1 aromatic rings. The lowest BCUT2D eigenvalue weighted by Crippen LogP contribution is -2.50. The number of hydrogen-bond acceptors (Lipinski definition) is 6. The van der Waals surface area contributed by atoms with Gasteiger partial charge in [-0.3, -0.25) is 40.2 Å². The smallest absolute Gasteiger partial charge is 0.323 e. The second-order valence-corrected chi connectivity index (χ2v) is 7.40. The molecule has 0 bridgehead atoms. The number of hydrogen-bond donors (Lipinski definition) is 3. The van der Waals surface area contributed by atoms with E-state index in [-0.39, 0.29) is 11.3 Å². The van der Waals surface area contributed by atoms with Crippen LogP contribution < -0.4 is 16.2 Å². The SMILES string of the molecule is CC1CCC2(CC1)NC(=O)N(CC(=O)NNC(=O)c1cccc([N+](=O)[O-])c1)C2=O. The largest absolute Gasteiger partial charge is 0.325 e. The lowest BCUT2D eigenvalue weighted by molar-refractivity contribution is -0.384. The van der Waals surface area contributed by atoms with Crippen LogP contribution in [0.4, 0.5) is 10.5 Å². The summed E-state index contributed by atoms with van der Waals surface area (Å²) in [5, 5.41) is 13.5. The van der Waals surface area contributed by atoms with Gasteiger partial charge in [-0.25, -0.2) is 4.79 Å². The minimum Gasteiger partial charge on any atom is -0.323 e. The molecule has 1 heterocycles. The van der Waals surface area contributed by atoms with E-state index in [2.05, 4.69) is 23.1 Å². The van der Waals surface area contributed by atoms with Crippen molar-refractivity contribution in [1.29, 1.82) is 0 Å². The van der Waals surface area contributed by atoms with Crippen LogP contribution in [0.25, 0.3) is 0 Å². The molecule has 11 nitrogen and oxygen atoms in total. The number of imide groups is 1. The fraction of sp³-hybridized carbons (Fsp3) is 0.444. The summed E-state index contributed by atoms with van der Waals surface area (Å²) in [4.78, 5) is 60.0. The molecule has 1 aromatic carbocycles. The third-order valence-corrected chi connectivity index (χ3v) is 5.31. The molecule has 1 aliphatic heterocycles. The Morgan fingerprint density at radius 2 is 1.97 bits per heavy atom. The Hall–Kier alpha value is -3.50. The maximum atomic E-state index is 12.7. The van der Waals surface area contributed by atoms with Gasteiger partial charge in [0.15, 0.2) is 0 Å². The average molecular weight is 403 g/mol.